The Bertz CT molecular complexity index is 627. The number of hydrogen-bond donors (Lipinski definition) is 1. The number of sulfonamides is 1. The van der Waals surface area contributed by atoms with Gasteiger partial charge in [0.15, 0.2) is 0 Å². The third-order valence-electron chi connectivity index (χ3n) is 3.62. The SMILES string of the molecule is COc1ccccc1CNC(=O)CCS(=O)(=O)N1CCOCC1. The first-order valence-corrected chi connectivity index (χ1v) is 9.08. The highest BCUT2D eigenvalue weighted by atomic mass is 32.2. The Kier molecular flexibility index (Phi) is 6.37. The molecule has 1 aliphatic rings. The molecule has 1 N–H and O–H groups in total. The van der Waals surface area contributed by atoms with Crippen LogP contribution in [-0.2, 0) is 26.1 Å². The van der Waals surface area contributed by atoms with Gasteiger partial charge >= 0.3 is 0 Å². The number of ether oxygens (including phenoxy) is 2. The molecule has 7 nitrogen and oxygen atoms in total. The molecule has 8 heteroatoms. The number of rotatable bonds is 7. The minimum Gasteiger partial charge on any atom is -0.496 e. The van der Waals surface area contributed by atoms with Crippen LogP contribution in [0.25, 0.3) is 0 Å². The van der Waals surface area contributed by atoms with Gasteiger partial charge in [0.2, 0.25) is 15.9 Å². The number of hydrogen-bond acceptors (Lipinski definition) is 5. The monoisotopic (exact) mass is 342 g/mol. The fourth-order valence-corrected chi connectivity index (χ4v) is 3.71. The fourth-order valence-electron chi connectivity index (χ4n) is 2.31. The second-order valence-electron chi connectivity index (χ2n) is 5.17. The third-order valence-corrected chi connectivity index (χ3v) is 5.49. The van der Waals surface area contributed by atoms with Crippen LogP contribution in [0, 0.1) is 0 Å². The van der Waals surface area contributed by atoms with Crippen molar-refractivity contribution in [3.63, 3.8) is 0 Å². The maximum absolute atomic E-state index is 12.1. The van der Waals surface area contributed by atoms with Crippen LogP contribution in [-0.4, -0.2) is 57.8 Å². The van der Waals surface area contributed by atoms with Gasteiger partial charge in [-0.3, -0.25) is 4.79 Å². The third kappa shape index (κ3) is 5.19. The molecule has 1 aromatic carbocycles. The average molecular weight is 342 g/mol. The van der Waals surface area contributed by atoms with E-state index in [9.17, 15) is 13.2 Å². The maximum Gasteiger partial charge on any atom is 0.221 e. The molecule has 0 aromatic heterocycles. The highest BCUT2D eigenvalue weighted by Gasteiger charge is 2.24. The van der Waals surface area contributed by atoms with Crippen molar-refractivity contribution >= 4 is 15.9 Å². The summed E-state index contributed by atoms with van der Waals surface area (Å²) in [4.78, 5) is 11.9. The van der Waals surface area contributed by atoms with Gasteiger partial charge in [-0.25, -0.2) is 8.42 Å². The quantitative estimate of drug-likeness (QED) is 0.773. The van der Waals surface area contributed by atoms with Crippen molar-refractivity contribution in [1.82, 2.24) is 9.62 Å². The molecule has 1 saturated heterocycles. The Hall–Kier alpha value is -1.64. The van der Waals surface area contributed by atoms with E-state index in [4.69, 9.17) is 9.47 Å². The van der Waals surface area contributed by atoms with E-state index in [0.29, 0.717) is 38.6 Å². The molecule has 128 valence electrons. The lowest BCUT2D eigenvalue weighted by molar-refractivity contribution is -0.120. The van der Waals surface area contributed by atoms with Crippen LogP contribution < -0.4 is 10.1 Å². The molecule has 1 fully saturated rings. The second-order valence-corrected chi connectivity index (χ2v) is 7.25. The summed E-state index contributed by atoms with van der Waals surface area (Å²) in [6.07, 6.45) is -0.0607. The van der Waals surface area contributed by atoms with Gasteiger partial charge < -0.3 is 14.8 Å². The zero-order chi connectivity index (χ0) is 16.7. The molecule has 1 heterocycles. The van der Waals surface area contributed by atoms with Crippen molar-refractivity contribution in [2.24, 2.45) is 0 Å². The fraction of sp³-hybridized carbons (Fsp3) is 0.533. The molecule has 0 unspecified atom stereocenters. The van der Waals surface area contributed by atoms with Crippen LogP contribution in [0.5, 0.6) is 5.75 Å². The van der Waals surface area contributed by atoms with E-state index < -0.39 is 10.0 Å². The van der Waals surface area contributed by atoms with Crippen molar-refractivity contribution < 1.29 is 22.7 Å². The molecule has 0 saturated carbocycles. The van der Waals surface area contributed by atoms with E-state index in [1.54, 1.807) is 7.11 Å². The Labute approximate surface area is 136 Å². The van der Waals surface area contributed by atoms with Crippen LogP contribution in [0.4, 0.5) is 0 Å². The molecule has 0 bridgehead atoms. The Morgan fingerprint density at radius 3 is 2.70 bits per heavy atom. The number of para-hydroxylation sites is 1. The topological polar surface area (TPSA) is 84.9 Å². The van der Waals surface area contributed by atoms with Crippen molar-refractivity contribution in [3.05, 3.63) is 29.8 Å². The van der Waals surface area contributed by atoms with E-state index in [1.165, 1.54) is 4.31 Å². The van der Waals surface area contributed by atoms with Crippen LogP contribution in [0.2, 0.25) is 0 Å². The molecule has 1 aromatic rings. The molecule has 1 amide bonds. The molecule has 0 radical (unpaired) electrons. The van der Waals surface area contributed by atoms with Crippen molar-refractivity contribution in [2.75, 3.05) is 39.2 Å². The van der Waals surface area contributed by atoms with Crippen LogP contribution in [0.1, 0.15) is 12.0 Å². The number of carbonyl (C=O) groups is 1. The Morgan fingerprint density at radius 2 is 2.00 bits per heavy atom. The summed E-state index contributed by atoms with van der Waals surface area (Å²) in [5.74, 6) is 0.201. The predicted octanol–water partition coefficient (Wildman–Crippen LogP) is 0.364. The lowest BCUT2D eigenvalue weighted by Crippen LogP contribution is -2.42. The van der Waals surface area contributed by atoms with E-state index in [0.717, 1.165) is 5.56 Å². The number of nitrogens with one attached hydrogen (secondary N) is 1. The Morgan fingerprint density at radius 1 is 1.30 bits per heavy atom. The van der Waals surface area contributed by atoms with Crippen LogP contribution >= 0.6 is 0 Å². The number of benzene rings is 1. The summed E-state index contributed by atoms with van der Waals surface area (Å²) < 4.78 is 36.0. The van der Waals surface area contributed by atoms with Gasteiger partial charge in [0.1, 0.15) is 5.75 Å². The normalized spacial score (nSPS) is 16.0. The summed E-state index contributed by atoms with van der Waals surface area (Å²) in [7, 11) is -1.84. The molecule has 0 atom stereocenters. The standard InChI is InChI=1S/C15H22N2O5S/c1-21-14-5-3-2-4-13(14)12-16-15(18)6-11-23(19,20)17-7-9-22-10-8-17/h2-5H,6-12H2,1H3,(H,16,18). The zero-order valence-electron chi connectivity index (χ0n) is 13.2. The van der Waals surface area contributed by atoms with Gasteiger partial charge in [-0.05, 0) is 6.07 Å². The van der Waals surface area contributed by atoms with Crippen LogP contribution in [0.3, 0.4) is 0 Å². The first kappa shape index (κ1) is 17.7. The summed E-state index contributed by atoms with van der Waals surface area (Å²) in [5.41, 5.74) is 0.847. The maximum atomic E-state index is 12.1. The summed E-state index contributed by atoms with van der Waals surface area (Å²) in [6.45, 7) is 1.81. The number of carbonyl (C=O) groups excluding carboxylic acids is 1. The number of methoxy groups -OCH3 is 1. The molecule has 1 aliphatic heterocycles. The van der Waals surface area contributed by atoms with Crippen molar-refractivity contribution in [1.29, 1.82) is 0 Å². The van der Waals surface area contributed by atoms with Gasteiger partial charge in [0, 0.05) is 31.6 Å². The summed E-state index contributed by atoms with van der Waals surface area (Å²) in [5, 5.41) is 2.72. The number of nitrogens with zero attached hydrogens (tertiary/aromatic N) is 1. The largest absolute Gasteiger partial charge is 0.496 e. The predicted molar refractivity (Wildman–Crippen MR) is 85.6 cm³/mol. The average Bonchev–Trinajstić information content (AvgIpc) is 2.59. The first-order chi connectivity index (χ1) is 11.0. The van der Waals surface area contributed by atoms with E-state index in [2.05, 4.69) is 5.32 Å². The summed E-state index contributed by atoms with van der Waals surface area (Å²) >= 11 is 0. The minimum atomic E-state index is -3.41. The number of amides is 1. The smallest absolute Gasteiger partial charge is 0.221 e. The molecular formula is C15H22N2O5S. The molecule has 23 heavy (non-hydrogen) atoms. The van der Waals surface area contributed by atoms with Crippen molar-refractivity contribution in [2.45, 2.75) is 13.0 Å². The van der Waals surface area contributed by atoms with Gasteiger partial charge in [-0.1, -0.05) is 18.2 Å². The first-order valence-electron chi connectivity index (χ1n) is 7.47. The Balaban J connectivity index is 1.80. The summed E-state index contributed by atoms with van der Waals surface area (Å²) in [6, 6.07) is 7.36. The number of morpholine rings is 1. The van der Waals surface area contributed by atoms with Crippen LogP contribution in [0.15, 0.2) is 24.3 Å². The van der Waals surface area contributed by atoms with Gasteiger partial charge in [-0.2, -0.15) is 4.31 Å². The van der Waals surface area contributed by atoms with Gasteiger partial charge in [-0.15, -0.1) is 0 Å². The molecule has 2 rings (SSSR count). The van der Waals surface area contributed by atoms with E-state index in [-0.39, 0.29) is 18.1 Å². The van der Waals surface area contributed by atoms with Gasteiger partial charge in [0.05, 0.1) is 26.1 Å². The zero-order valence-corrected chi connectivity index (χ0v) is 14.0. The highest BCUT2D eigenvalue weighted by molar-refractivity contribution is 7.89. The lowest BCUT2D eigenvalue weighted by atomic mass is 10.2. The van der Waals surface area contributed by atoms with E-state index in [1.807, 2.05) is 24.3 Å². The second kappa shape index (κ2) is 8.28. The highest BCUT2D eigenvalue weighted by Crippen LogP contribution is 2.16. The molecule has 0 spiro atoms. The minimum absolute atomic E-state index is 0.0607. The molecular weight excluding hydrogens is 320 g/mol. The van der Waals surface area contributed by atoms with Crippen molar-refractivity contribution in [3.8, 4) is 5.75 Å². The van der Waals surface area contributed by atoms with E-state index >= 15 is 0 Å². The van der Waals surface area contributed by atoms with Gasteiger partial charge in [0.25, 0.3) is 0 Å². The lowest BCUT2D eigenvalue weighted by Gasteiger charge is -2.25. The molecule has 0 aliphatic carbocycles.